The van der Waals surface area contributed by atoms with Crippen molar-refractivity contribution in [2.24, 2.45) is 0 Å². The quantitative estimate of drug-likeness (QED) is 0.586. The van der Waals surface area contributed by atoms with Crippen LogP contribution in [0.4, 0.5) is 0 Å². The van der Waals surface area contributed by atoms with E-state index >= 15 is 0 Å². The molecule has 4 aromatic heterocycles. The minimum Gasteiger partial charge on any atom is -0.323 e. The van der Waals surface area contributed by atoms with E-state index in [4.69, 9.17) is 0 Å². The van der Waals surface area contributed by atoms with Gasteiger partial charge in [-0.25, -0.2) is 9.97 Å². The summed E-state index contributed by atoms with van der Waals surface area (Å²) in [7, 11) is 3.75. The van der Waals surface area contributed by atoms with Crippen molar-refractivity contribution in [2.75, 3.05) is 14.1 Å². The Morgan fingerprint density at radius 3 is 2.67 bits per heavy atom. The van der Waals surface area contributed by atoms with E-state index in [-0.39, 0.29) is 0 Å². The number of aromatic nitrogens is 5. The third-order valence-corrected chi connectivity index (χ3v) is 4.47. The van der Waals surface area contributed by atoms with Gasteiger partial charge in [0.15, 0.2) is 5.65 Å². The number of H-pyrrole nitrogens is 1. The van der Waals surface area contributed by atoms with Gasteiger partial charge in [0.25, 0.3) is 0 Å². The number of nitrogens with one attached hydrogen (secondary N) is 2. The van der Waals surface area contributed by atoms with E-state index in [1.54, 1.807) is 23.7 Å². The van der Waals surface area contributed by atoms with Crippen LogP contribution in [0.2, 0.25) is 0 Å². The van der Waals surface area contributed by atoms with Crippen molar-refractivity contribution in [1.82, 2.24) is 30.5 Å². The monoisotopic (exact) mass is 338 g/mol. The zero-order valence-electron chi connectivity index (χ0n) is 13.7. The molecular weight excluding hydrogens is 320 g/mol. The van der Waals surface area contributed by atoms with Crippen LogP contribution in [-0.2, 0) is 0 Å². The van der Waals surface area contributed by atoms with Crippen LogP contribution in [0.1, 0.15) is 5.69 Å². The maximum Gasteiger partial charge on any atom is 0.155 e. The first kappa shape index (κ1) is 16.2. The molecule has 7 heteroatoms. The average Bonchev–Trinajstić information content (AvgIpc) is 3.22. The summed E-state index contributed by atoms with van der Waals surface area (Å²) in [5.74, 6) is 0. The summed E-state index contributed by atoms with van der Waals surface area (Å²) in [5, 5.41) is 11.6. The van der Waals surface area contributed by atoms with Gasteiger partial charge in [-0.2, -0.15) is 5.10 Å². The lowest BCUT2D eigenvalue weighted by Gasteiger charge is -1.97. The lowest BCUT2D eigenvalue weighted by atomic mass is 10.2. The highest BCUT2D eigenvalue weighted by molar-refractivity contribution is 7.18. The number of rotatable bonds is 2. The van der Waals surface area contributed by atoms with Crippen LogP contribution < -0.4 is 5.32 Å². The van der Waals surface area contributed by atoms with Crippen molar-refractivity contribution in [3.05, 3.63) is 48.5 Å². The van der Waals surface area contributed by atoms with Crippen molar-refractivity contribution >= 4 is 22.4 Å². The Bertz CT molecular complexity index is 929. The van der Waals surface area contributed by atoms with Gasteiger partial charge in [0.05, 0.1) is 22.5 Å². The summed E-state index contributed by atoms with van der Waals surface area (Å²) in [5.41, 5.74) is 3.71. The number of nitrogens with zero attached hydrogens (tertiary/aromatic N) is 4. The molecule has 0 saturated carbocycles. The Balaban J connectivity index is 0.000000526. The second kappa shape index (κ2) is 7.29. The Morgan fingerprint density at radius 2 is 1.92 bits per heavy atom. The third-order valence-electron chi connectivity index (χ3n) is 3.24. The number of fused-ring (bicyclic) bond motifs is 1. The van der Waals surface area contributed by atoms with Gasteiger partial charge in [-0.15, -0.1) is 11.3 Å². The van der Waals surface area contributed by atoms with Crippen molar-refractivity contribution in [2.45, 2.75) is 6.92 Å². The smallest absolute Gasteiger partial charge is 0.155 e. The highest BCUT2D eigenvalue weighted by Gasteiger charge is 2.13. The van der Waals surface area contributed by atoms with E-state index in [0.29, 0.717) is 0 Å². The van der Waals surface area contributed by atoms with Crippen molar-refractivity contribution < 1.29 is 0 Å². The SMILES string of the molecule is CNC.Cc1nc(-c2cccnc2)sc1-c1ccc2cn[nH]c2n1. The van der Waals surface area contributed by atoms with E-state index in [1.165, 1.54) is 0 Å². The van der Waals surface area contributed by atoms with Crippen LogP contribution in [-0.4, -0.2) is 39.2 Å². The Labute approximate surface area is 144 Å². The molecule has 0 spiro atoms. The molecule has 0 unspecified atom stereocenters. The molecule has 0 bridgehead atoms. The maximum absolute atomic E-state index is 4.64. The fourth-order valence-corrected chi connectivity index (χ4v) is 3.23. The summed E-state index contributed by atoms with van der Waals surface area (Å²) in [6.45, 7) is 2.00. The molecule has 0 aromatic carbocycles. The van der Waals surface area contributed by atoms with Gasteiger partial charge in [-0.05, 0) is 45.3 Å². The minimum atomic E-state index is 0.795. The fourth-order valence-electron chi connectivity index (χ4n) is 2.20. The number of pyridine rings is 2. The van der Waals surface area contributed by atoms with Gasteiger partial charge in [0, 0.05) is 23.3 Å². The predicted molar refractivity (Wildman–Crippen MR) is 97.9 cm³/mol. The van der Waals surface area contributed by atoms with Crippen LogP contribution in [0.5, 0.6) is 0 Å². The lowest BCUT2D eigenvalue weighted by molar-refractivity contribution is 1.02. The number of thiazole rings is 1. The van der Waals surface area contributed by atoms with Crippen LogP contribution in [0, 0.1) is 6.92 Å². The molecule has 0 fully saturated rings. The topological polar surface area (TPSA) is 79.4 Å². The van der Waals surface area contributed by atoms with Crippen molar-refractivity contribution in [3.8, 4) is 21.1 Å². The molecule has 24 heavy (non-hydrogen) atoms. The lowest BCUT2D eigenvalue weighted by Crippen LogP contribution is -1.89. The van der Waals surface area contributed by atoms with Gasteiger partial charge in [-0.3, -0.25) is 10.1 Å². The second-order valence-corrected chi connectivity index (χ2v) is 6.18. The van der Waals surface area contributed by atoms with E-state index in [2.05, 4.69) is 30.5 Å². The fraction of sp³-hybridized carbons (Fsp3) is 0.176. The minimum absolute atomic E-state index is 0.795. The number of hydrogen-bond acceptors (Lipinski definition) is 6. The Morgan fingerprint density at radius 1 is 1.08 bits per heavy atom. The van der Waals surface area contributed by atoms with Gasteiger partial charge in [0.1, 0.15) is 5.01 Å². The van der Waals surface area contributed by atoms with Gasteiger partial charge < -0.3 is 5.32 Å². The molecule has 0 aliphatic carbocycles. The summed E-state index contributed by atoms with van der Waals surface area (Å²) in [6, 6.07) is 7.96. The summed E-state index contributed by atoms with van der Waals surface area (Å²) in [4.78, 5) is 14.5. The van der Waals surface area contributed by atoms with Gasteiger partial charge >= 0.3 is 0 Å². The molecule has 0 radical (unpaired) electrons. The molecular formula is C17H18N6S. The van der Waals surface area contributed by atoms with E-state index in [0.717, 1.165) is 37.9 Å². The highest BCUT2D eigenvalue weighted by Crippen LogP contribution is 2.34. The zero-order chi connectivity index (χ0) is 16.9. The zero-order valence-corrected chi connectivity index (χ0v) is 14.6. The predicted octanol–water partition coefficient (Wildman–Crippen LogP) is 3.29. The molecule has 0 amide bonds. The summed E-state index contributed by atoms with van der Waals surface area (Å²) in [6.07, 6.45) is 5.36. The van der Waals surface area contributed by atoms with Crippen LogP contribution in [0.15, 0.2) is 42.9 Å². The van der Waals surface area contributed by atoms with E-state index < -0.39 is 0 Å². The molecule has 122 valence electrons. The molecule has 6 nitrogen and oxygen atoms in total. The summed E-state index contributed by atoms with van der Waals surface area (Å²) >= 11 is 1.63. The molecule has 0 aliphatic heterocycles. The third kappa shape index (κ3) is 3.32. The van der Waals surface area contributed by atoms with E-state index in [1.807, 2.05) is 51.5 Å². The first-order valence-electron chi connectivity index (χ1n) is 7.49. The molecule has 4 rings (SSSR count). The molecule has 2 N–H and O–H groups in total. The molecule has 4 aromatic rings. The van der Waals surface area contributed by atoms with Gasteiger partial charge in [-0.1, -0.05) is 0 Å². The van der Waals surface area contributed by atoms with Crippen LogP contribution in [0.25, 0.3) is 32.2 Å². The largest absolute Gasteiger partial charge is 0.323 e. The van der Waals surface area contributed by atoms with E-state index in [9.17, 15) is 0 Å². The molecule has 4 heterocycles. The van der Waals surface area contributed by atoms with Crippen molar-refractivity contribution in [3.63, 3.8) is 0 Å². The Kier molecular flexibility index (Phi) is 4.93. The second-order valence-electron chi connectivity index (χ2n) is 5.18. The average molecular weight is 338 g/mol. The normalized spacial score (nSPS) is 10.5. The molecule has 0 atom stereocenters. The molecule has 0 aliphatic rings. The Hall–Kier alpha value is -2.64. The molecule has 0 saturated heterocycles. The summed E-state index contributed by atoms with van der Waals surface area (Å²) < 4.78 is 0. The van der Waals surface area contributed by atoms with Crippen LogP contribution >= 0.6 is 11.3 Å². The highest BCUT2D eigenvalue weighted by atomic mass is 32.1. The van der Waals surface area contributed by atoms with Crippen molar-refractivity contribution in [1.29, 1.82) is 0 Å². The first-order valence-corrected chi connectivity index (χ1v) is 8.31. The maximum atomic E-state index is 4.64. The first-order chi connectivity index (χ1) is 11.7. The van der Waals surface area contributed by atoms with Crippen LogP contribution in [0.3, 0.4) is 0 Å². The number of hydrogen-bond donors (Lipinski definition) is 2. The number of aryl methyl sites for hydroxylation is 1. The standard InChI is InChI=1S/C15H11N5S.C2H7N/c1-9-13(12-5-4-10-8-17-20-14(10)19-12)21-15(18-9)11-3-2-6-16-7-11;1-3-2/h2-8H,1H3,(H,17,19,20);3H,1-2H3. The van der Waals surface area contributed by atoms with Gasteiger partial charge in [0.2, 0.25) is 0 Å². The number of aromatic amines is 1.